The normalized spacial score (nSPS) is 10.2. The first-order valence-corrected chi connectivity index (χ1v) is 8.22. The Bertz CT molecular complexity index is 725. The zero-order valence-corrected chi connectivity index (χ0v) is 15.3. The zero-order valence-electron chi connectivity index (χ0n) is 15.3. The molecule has 0 aliphatic carbocycles. The Labute approximate surface area is 151 Å². The van der Waals surface area contributed by atoms with Crippen LogP contribution in [-0.2, 0) is 19.1 Å². The van der Waals surface area contributed by atoms with Gasteiger partial charge in [0.25, 0.3) is 0 Å². The summed E-state index contributed by atoms with van der Waals surface area (Å²) < 4.78 is 9.71. The Balaban J connectivity index is 3.12. The van der Waals surface area contributed by atoms with Crippen LogP contribution in [0.25, 0.3) is 0 Å². The summed E-state index contributed by atoms with van der Waals surface area (Å²) in [6.45, 7) is 6.80. The van der Waals surface area contributed by atoms with Gasteiger partial charge in [0.2, 0.25) is 5.91 Å². The van der Waals surface area contributed by atoms with Crippen molar-refractivity contribution < 1.29 is 33.8 Å². The average Bonchev–Trinajstić information content (AvgIpc) is 2.52. The molecule has 0 spiro atoms. The van der Waals surface area contributed by atoms with Crippen LogP contribution < -0.4 is 5.32 Å². The second-order valence-electron chi connectivity index (χ2n) is 5.49. The second kappa shape index (κ2) is 9.55. The first-order chi connectivity index (χ1) is 12.2. The summed E-state index contributed by atoms with van der Waals surface area (Å²) in [5.74, 6) is -2.94. The lowest BCUT2D eigenvalue weighted by Gasteiger charge is -2.16. The van der Waals surface area contributed by atoms with E-state index in [9.17, 15) is 24.3 Å². The molecule has 1 aromatic carbocycles. The van der Waals surface area contributed by atoms with Crippen LogP contribution in [0.15, 0.2) is 6.07 Å². The predicted octanol–water partition coefficient (Wildman–Crippen LogP) is 2.46. The minimum Gasteiger partial charge on any atom is -0.478 e. The molecule has 0 saturated carbocycles. The van der Waals surface area contributed by atoms with Gasteiger partial charge in [-0.25, -0.2) is 9.59 Å². The Kier molecular flexibility index (Phi) is 7.77. The third-order valence-electron chi connectivity index (χ3n) is 3.60. The number of carboxylic acids is 1. The third-order valence-corrected chi connectivity index (χ3v) is 3.60. The molecule has 0 aromatic heterocycles. The summed E-state index contributed by atoms with van der Waals surface area (Å²) >= 11 is 0. The molecule has 0 radical (unpaired) electrons. The van der Waals surface area contributed by atoms with E-state index in [1.807, 2.05) is 0 Å². The average molecular weight is 365 g/mol. The van der Waals surface area contributed by atoms with Gasteiger partial charge in [-0.15, -0.1) is 0 Å². The molecular formula is C18H23NO7. The van der Waals surface area contributed by atoms with Crippen molar-refractivity contribution in [2.45, 2.75) is 40.5 Å². The van der Waals surface area contributed by atoms with Crippen molar-refractivity contribution in [3.8, 4) is 0 Å². The Morgan fingerprint density at radius 3 is 2.15 bits per heavy atom. The van der Waals surface area contributed by atoms with Crippen molar-refractivity contribution in [2.24, 2.45) is 0 Å². The summed E-state index contributed by atoms with van der Waals surface area (Å²) in [5, 5.41) is 12.0. The molecule has 2 N–H and O–H groups in total. The van der Waals surface area contributed by atoms with Gasteiger partial charge in [-0.1, -0.05) is 0 Å². The number of ether oxygens (including phenoxy) is 2. The number of hydrogen-bond acceptors (Lipinski definition) is 6. The molecule has 0 unspecified atom stereocenters. The minimum atomic E-state index is -1.28. The molecule has 1 amide bonds. The molecular weight excluding hydrogens is 342 g/mol. The van der Waals surface area contributed by atoms with Gasteiger partial charge < -0.3 is 19.9 Å². The largest absolute Gasteiger partial charge is 0.478 e. The number of nitrogens with one attached hydrogen (secondary N) is 1. The van der Waals surface area contributed by atoms with Crippen LogP contribution in [0.3, 0.4) is 0 Å². The van der Waals surface area contributed by atoms with Gasteiger partial charge in [-0.2, -0.15) is 0 Å². The molecule has 0 aliphatic heterocycles. The standard InChI is InChI=1S/C18H23NO7/c1-5-25-14(21)8-7-13(20)19-12-9-10(3)15(18(24)26-6-2)11(4)16(12)17(22)23/h9H,5-8H2,1-4H3,(H,19,20)(H,22,23). The minimum absolute atomic E-state index is 0.0643. The van der Waals surface area contributed by atoms with Crippen LogP contribution in [0.1, 0.15) is 58.5 Å². The van der Waals surface area contributed by atoms with Crippen LogP contribution in [0, 0.1) is 13.8 Å². The molecule has 0 fully saturated rings. The predicted molar refractivity (Wildman–Crippen MR) is 93.3 cm³/mol. The van der Waals surface area contributed by atoms with Gasteiger partial charge in [0.1, 0.15) is 0 Å². The zero-order chi connectivity index (χ0) is 19.9. The number of benzene rings is 1. The summed E-state index contributed by atoms with van der Waals surface area (Å²) in [5.41, 5.74) is 0.717. The highest BCUT2D eigenvalue weighted by molar-refractivity contribution is 6.05. The van der Waals surface area contributed by atoms with Gasteiger partial charge in [0.05, 0.1) is 36.4 Å². The number of carbonyl (C=O) groups is 4. The molecule has 8 heteroatoms. The van der Waals surface area contributed by atoms with Crippen LogP contribution in [0.2, 0.25) is 0 Å². The number of rotatable bonds is 8. The second-order valence-corrected chi connectivity index (χ2v) is 5.49. The van der Waals surface area contributed by atoms with Crippen LogP contribution in [0.4, 0.5) is 5.69 Å². The number of carboxylic acid groups (broad SMARTS) is 1. The summed E-state index contributed by atoms with van der Waals surface area (Å²) in [7, 11) is 0. The van der Waals surface area contributed by atoms with E-state index in [2.05, 4.69) is 5.32 Å². The Morgan fingerprint density at radius 1 is 1.00 bits per heavy atom. The first-order valence-electron chi connectivity index (χ1n) is 8.22. The Hall–Kier alpha value is -2.90. The van der Waals surface area contributed by atoms with Crippen molar-refractivity contribution >= 4 is 29.5 Å². The maximum Gasteiger partial charge on any atom is 0.338 e. The third kappa shape index (κ3) is 5.30. The summed E-state index contributed by atoms with van der Waals surface area (Å²) in [6.07, 6.45) is -0.253. The quantitative estimate of drug-likeness (QED) is 0.679. The number of esters is 2. The van der Waals surface area contributed by atoms with Gasteiger partial charge >= 0.3 is 17.9 Å². The molecule has 0 atom stereocenters. The highest BCUT2D eigenvalue weighted by Gasteiger charge is 2.24. The van der Waals surface area contributed by atoms with E-state index in [0.717, 1.165) is 0 Å². The maximum absolute atomic E-state index is 12.1. The number of aromatic carboxylic acids is 1. The first kappa shape index (κ1) is 21.1. The fourth-order valence-corrected chi connectivity index (χ4v) is 2.54. The van der Waals surface area contributed by atoms with E-state index in [-0.39, 0.29) is 48.4 Å². The van der Waals surface area contributed by atoms with E-state index in [4.69, 9.17) is 9.47 Å². The maximum atomic E-state index is 12.1. The van der Waals surface area contributed by atoms with Crippen molar-refractivity contribution in [1.82, 2.24) is 0 Å². The van der Waals surface area contributed by atoms with Crippen molar-refractivity contribution in [3.63, 3.8) is 0 Å². The fraction of sp³-hybridized carbons (Fsp3) is 0.444. The van der Waals surface area contributed by atoms with E-state index in [0.29, 0.717) is 5.56 Å². The van der Waals surface area contributed by atoms with Crippen LogP contribution in [0.5, 0.6) is 0 Å². The smallest absolute Gasteiger partial charge is 0.338 e. The van der Waals surface area contributed by atoms with E-state index >= 15 is 0 Å². The van der Waals surface area contributed by atoms with Gasteiger partial charge in [0.15, 0.2) is 0 Å². The van der Waals surface area contributed by atoms with Crippen LogP contribution >= 0.6 is 0 Å². The Morgan fingerprint density at radius 2 is 1.62 bits per heavy atom. The highest BCUT2D eigenvalue weighted by Crippen LogP contribution is 2.27. The summed E-state index contributed by atoms with van der Waals surface area (Å²) in [4.78, 5) is 47.1. The van der Waals surface area contributed by atoms with E-state index in [1.165, 1.54) is 13.0 Å². The number of aryl methyl sites for hydroxylation is 1. The lowest BCUT2D eigenvalue weighted by atomic mass is 9.95. The fourth-order valence-electron chi connectivity index (χ4n) is 2.54. The van der Waals surface area contributed by atoms with Gasteiger partial charge in [-0.3, -0.25) is 9.59 Å². The number of hydrogen-bond donors (Lipinski definition) is 2. The number of carbonyl (C=O) groups excluding carboxylic acids is 3. The molecule has 0 aliphatic rings. The molecule has 1 rings (SSSR count). The molecule has 142 valence electrons. The van der Waals surface area contributed by atoms with Crippen molar-refractivity contribution in [2.75, 3.05) is 18.5 Å². The molecule has 0 heterocycles. The highest BCUT2D eigenvalue weighted by atomic mass is 16.5. The molecule has 0 bridgehead atoms. The molecule has 0 saturated heterocycles. The summed E-state index contributed by atoms with van der Waals surface area (Å²) in [6, 6.07) is 1.41. The monoisotopic (exact) mass is 365 g/mol. The van der Waals surface area contributed by atoms with Crippen molar-refractivity contribution in [3.05, 3.63) is 28.3 Å². The van der Waals surface area contributed by atoms with E-state index in [1.54, 1.807) is 20.8 Å². The molecule has 1 aromatic rings. The SMILES string of the molecule is CCOC(=O)CCC(=O)Nc1cc(C)c(C(=O)OCC)c(C)c1C(=O)O. The number of anilines is 1. The topological polar surface area (TPSA) is 119 Å². The molecule has 26 heavy (non-hydrogen) atoms. The van der Waals surface area contributed by atoms with Crippen molar-refractivity contribution in [1.29, 1.82) is 0 Å². The van der Waals surface area contributed by atoms with Gasteiger partial charge in [0, 0.05) is 6.42 Å². The lowest BCUT2D eigenvalue weighted by Crippen LogP contribution is -2.19. The van der Waals surface area contributed by atoms with Crippen LogP contribution in [-0.4, -0.2) is 42.1 Å². The number of amides is 1. The lowest BCUT2D eigenvalue weighted by molar-refractivity contribution is -0.144. The van der Waals surface area contributed by atoms with Gasteiger partial charge in [-0.05, 0) is 44.9 Å². The van der Waals surface area contributed by atoms with E-state index < -0.39 is 23.8 Å². The molecule has 8 nitrogen and oxygen atoms in total.